The van der Waals surface area contributed by atoms with Crippen molar-refractivity contribution in [2.75, 3.05) is 13.1 Å². The van der Waals surface area contributed by atoms with Gasteiger partial charge >= 0.3 is 6.09 Å². The van der Waals surface area contributed by atoms with E-state index in [0.29, 0.717) is 35.6 Å². The van der Waals surface area contributed by atoms with Gasteiger partial charge in [0, 0.05) is 30.1 Å². The van der Waals surface area contributed by atoms with Crippen molar-refractivity contribution in [3.05, 3.63) is 58.5 Å². The number of carbonyl (C=O) groups is 1. The highest BCUT2D eigenvalue weighted by Crippen LogP contribution is 2.41. The van der Waals surface area contributed by atoms with Crippen molar-refractivity contribution < 1.29 is 13.9 Å². The lowest BCUT2D eigenvalue weighted by atomic mass is 10.1. The number of hydrogen-bond acceptors (Lipinski definition) is 8. The molecule has 5 rings (SSSR count). The van der Waals surface area contributed by atoms with Crippen LogP contribution in [0.1, 0.15) is 87.6 Å². The lowest BCUT2D eigenvalue weighted by molar-refractivity contribution is -0.00121. The zero-order valence-electron chi connectivity index (χ0n) is 20.3. The molecule has 0 bridgehead atoms. The number of likely N-dealkylation sites (tertiary alicyclic amines) is 1. The summed E-state index contributed by atoms with van der Waals surface area (Å²) >= 11 is 6.46. The van der Waals surface area contributed by atoms with Gasteiger partial charge in [-0.05, 0) is 62.6 Å². The second kappa shape index (κ2) is 9.23. The minimum absolute atomic E-state index is 0.0711. The summed E-state index contributed by atoms with van der Waals surface area (Å²) < 4.78 is 13.4. The molecule has 2 fully saturated rings. The summed E-state index contributed by atoms with van der Waals surface area (Å²) in [5, 5.41) is 16.8. The van der Waals surface area contributed by atoms with Crippen LogP contribution in [0.25, 0.3) is 0 Å². The van der Waals surface area contributed by atoms with Crippen molar-refractivity contribution in [1.29, 1.82) is 0 Å². The maximum absolute atomic E-state index is 12.4. The minimum atomic E-state index is -0.544. The molecule has 3 aromatic rings. The molecule has 1 saturated carbocycles. The summed E-state index contributed by atoms with van der Waals surface area (Å²) in [5.41, 5.74) is 0.414. The number of aromatic nitrogens is 5. The molecule has 2 aromatic heterocycles. The van der Waals surface area contributed by atoms with Crippen LogP contribution in [0.5, 0.6) is 0 Å². The van der Waals surface area contributed by atoms with E-state index in [1.807, 2.05) is 52.0 Å². The predicted octanol–water partition coefficient (Wildman–Crippen LogP) is 4.42. The Kier molecular flexibility index (Phi) is 6.27. The summed E-state index contributed by atoms with van der Waals surface area (Å²) in [6, 6.07) is 7.08. The number of amides is 1. The van der Waals surface area contributed by atoms with Crippen molar-refractivity contribution in [2.24, 2.45) is 0 Å². The summed E-state index contributed by atoms with van der Waals surface area (Å²) in [5.74, 6) is 2.37. The third-order valence-corrected chi connectivity index (χ3v) is 6.52. The average molecular weight is 500 g/mol. The molecule has 3 heterocycles. The molecule has 0 spiro atoms. The van der Waals surface area contributed by atoms with E-state index in [4.69, 9.17) is 20.8 Å². The normalized spacial score (nSPS) is 18.3. The van der Waals surface area contributed by atoms with Crippen LogP contribution in [0.3, 0.4) is 0 Å². The van der Waals surface area contributed by atoms with E-state index in [1.54, 1.807) is 15.8 Å². The lowest BCUT2D eigenvalue weighted by Crippen LogP contribution is -2.53. The molecule has 1 saturated heterocycles. The quantitative estimate of drug-likeness (QED) is 0.508. The van der Waals surface area contributed by atoms with Gasteiger partial charge in [-0.1, -0.05) is 29.8 Å². The van der Waals surface area contributed by atoms with Crippen LogP contribution >= 0.6 is 11.6 Å². The Balaban J connectivity index is 1.38. The molecule has 35 heavy (non-hydrogen) atoms. The van der Waals surface area contributed by atoms with Crippen LogP contribution in [0.4, 0.5) is 4.79 Å². The van der Waals surface area contributed by atoms with E-state index in [1.165, 1.54) is 0 Å². The zero-order chi connectivity index (χ0) is 24.7. The Hall–Kier alpha value is -2.98. The first kappa shape index (κ1) is 23.7. The molecule has 1 aliphatic carbocycles. The van der Waals surface area contributed by atoms with Gasteiger partial charge in [-0.25, -0.2) is 14.5 Å². The third-order valence-electron chi connectivity index (χ3n) is 6.18. The molecule has 1 unspecified atom stereocenters. The maximum Gasteiger partial charge on any atom is 0.410 e. The van der Waals surface area contributed by atoms with Gasteiger partial charge in [0.2, 0.25) is 0 Å². The van der Waals surface area contributed by atoms with Crippen molar-refractivity contribution in [2.45, 2.75) is 70.2 Å². The van der Waals surface area contributed by atoms with Crippen LogP contribution in [-0.4, -0.2) is 54.9 Å². The number of oxazole rings is 1. The Labute approximate surface area is 209 Å². The highest BCUT2D eigenvalue weighted by atomic mass is 35.5. The fourth-order valence-electron chi connectivity index (χ4n) is 4.14. The summed E-state index contributed by atoms with van der Waals surface area (Å²) in [7, 11) is 0. The largest absolute Gasteiger partial charge is 0.444 e. The van der Waals surface area contributed by atoms with Crippen LogP contribution in [0.15, 0.2) is 34.9 Å². The standard InChI is InChI=1S/C24H30ClN7O3/c1-14(17-7-5-6-8-18(17)25)27-20(19-11-26-22(34-19)15-9-10-15)21-28-29-30-32(21)16-12-31(13-16)23(33)35-24(2,3)4/h5-8,11,14-16,20,27H,9-10,12-13H2,1-4H3/t14-,20?/m1/s1. The summed E-state index contributed by atoms with van der Waals surface area (Å²) in [6.07, 6.45) is 3.59. The van der Waals surface area contributed by atoms with E-state index in [9.17, 15) is 4.79 Å². The van der Waals surface area contributed by atoms with E-state index < -0.39 is 11.6 Å². The third kappa shape index (κ3) is 5.18. The lowest BCUT2D eigenvalue weighted by Gasteiger charge is -2.40. The van der Waals surface area contributed by atoms with E-state index >= 15 is 0 Å². The van der Waals surface area contributed by atoms with Gasteiger partial charge in [-0.15, -0.1) is 5.10 Å². The van der Waals surface area contributed by atoms with Crippen LogP contribution in [0, 0.1) is 0 Å². The first-order chi connectivity index (χ1) is 16.7. The number of carbonyl (C=O) groups excluding carboxylic acids is 1. The predicted molar refractivity (Wildman–Crippen MR) is 128 cm³/mol. The molecular weight excluding hydrogens is 470 g/mol. The molecule has 1 aromatic carbocycles. The Morgan fingerprint density at radius 3 is 2.69 bits per heavy atom. The molecule has 1 aliphatic heterocycles. The number of ether oxygens (including phenoxy) is 1. The zero-order valence-corrected chi connectivity index (χ0v) is 21.1. The average Bonchev–Trinajstić information content (AvgIpc) is 3.30. The van der Waals surface area contributed by atoms with E-state index in [0.717, 1.165) is 24.3 Å². The van der Waals surface area contributed by atoms with Gasteiger partial charge in [-0.3, -0.25) is 5.32 Å². The highest BCUT2D eigenvalue weighted by Gasteiger charge is 2.39. The number of rotatable bonds is 7. The number of hydrogen-bond donors (Lipinski definition) is 1. The number of nitrogens with zero attached hydrogens (tertiary/aromatic N) is 6. The number of nitrogens with one attached hydrogen (secondary N) is 1. The second-order valence-electron chi connectivity index (χ2n) is 10.2. The molecule has 2 atom stereocenters. The molecule has 1 N–H and O–H groups in total. The van der Waals surface area contributed by atoms with Gasteiger partial charge in [0.05, 0.1) is 12.2 Å². The van der Waals surface area contributed by atoms with Crippen molar-refractivity contribution >= 4 is 17.7 Å². The van der Waals surface area contributed by atoms with E-state index in [2.05, 4.69) is 25.8 Å². The fraction of sp³-hybridized carbons (Fsp3) is 0.542. The first-order valence-electron chi connectivity index (χ1n) is 11.9. The molecule has 11 heteroatoms. The molecule has 2 aliphatic rings. The van der Waals surface area contributed by atoms with Gasteiger partial charge < -0.3 is 14.1 Å². The van der Waals surface area contributed by atoms with E-state index in [-0.39, 0.29) is 18.2 Å². The van der Waals surface area contributed by atoms with Gasteiger partial charge in [0.15, 0.2) is 11.7 Å². The number of tetrazole rings is 1. The monoisotopic (exact) mass is 499 g/mol. The summed E-state index contributed by atoms with van der Waals surface area (Å²) in [4.78, 5) is 18.6. The van der Waals surface area contributed by atoms with Crippen molar-refractivity contribution in [3.8, 4) is 0 Å². The second-order valence-corrected chi connectivity index (χ2v) is 10.6. The minimum Gasteiger partial charge on any atom is -0.444 e. The van der Waals surface area contributed by atoms with Gasteiger partial charge in [-0.2, -0.15) is 0 Å². The highest BCUT2D eigenvalue weighted by molar-refractivity contribution is 6.31. The Bertz CT molecular complexity index is 1190. The molecular formula is C24H30ClN7O3. The fourth-order valence-corrected chi connectivity index (χ4v) is 4.44. The number of benzene rings is 1. The number of halogens is 1. The topological polar surface area (TPSA) is 111 Å². The Morgan fingerprint density at radius 2 is 2.00 bits per heavy atom. The maximum atomic E-state index is 12.4. The first-order valence-corrected chi connectivity index (χ1v) is 12.3. The van der Waals surface area contributed by atoms with Gasteiger partial charge in [0.25, 0.3) is 0 Å². The smallest absolute Gasteiger partial charge is 0.410 e. The van der Waals surface area contributed by atoms with Crippen molar-refractivity contribution in [3.63, 3.8) is 0 Å². The molecule has 0 radical (unpaired) electrons. The van der Waals surface area contributed by atoms with Crippen molar-refractivity contribution in [1.82, 2.24) is 35.4 Å². The summed E-state index contributed by atoms with van der Waals surface area (Å²) in [6.45, 7) is 8.52. The van der Waals surface area contributed by atoms with Crippen LogP contribution < -0.4 is 5.32 Å². The van der Waals surface area contributed by atoms with Gasteiger partial charge in [0.1, 0.15) is 17.4 Å². The van der Waals surface area contributed by atoms with Crippen LogP contribution in [0.2, 0.25) is 5.02 Å². The molecule has 10 nitrogen and oxygen atoms in total. The van der Waals surface area contributed by atoms with Crippen LogP contribution in [-0.2, 0) is 4.74 Å². The SMILES string of the molecule is C[C@@H](NC(c1cnc(C2CC2)o1)c1nnnn1C1CN(C(=O)OC(C)(C)C)C1)c1ccccc1Cl. The molecule has 186 valence electrons. The molecule has 1 amide bonds. The Morgan fingerprint density at radius 1 is 1.26 bits per heavy atom.